The fourth-order valence-electron chi connectivity index (χ4n) is 3.34. The zero-order valence-electron chi connectivity index (χ0n) is 26.5. The van der Waals surface area contributed by atoms with Gasteiger partial charge in [-0.3, -0.25) is 4.79 Å². The first-order chi connectivity index (χ1) is 18.7. The van der Waals surface area contributed by atoms with Crippen molar-refractivity contribution in [2.24, 2.45) is 0 Å². The second-order valence-corrected chi connectivity index (χ2v) is 12.6. The highest BCUT2D eigenvalue weighted by atomic mass is 16.6. The van der Waals surface area contributed by atoms with Gasteiger partial charge in [-0.15, -0.1) is 0 Å². The summed E-state index contributed by atoms with van der Waals surface area (Å²) in [5.41, 5.74) is -2.00. The third kappa shape index (κ3) is 21.2. The van der Waals surface area contributed by atoms with E-state index in [-0.39, 0.29) is 12.8 Å². The number of nitrogens with one attached hydrogen (secondary N) is 4. The zero-order valence-corrected chi connectivity index (χ0v) is 26.5. The van der Waals surface area contributed by atoms with Gasteiger partial charge in [0.25, 0.3) is 0 Å². The van der Waals surface area contributed by atoms with Crippen molar-refractivity contribution in [3.63, 3.8) is 0 Å². The Hall–Kier alpha value is -3.25. The van der Waals surface area contributed by atoms with Crippen LogP contribution >= 0.6 is 0 Å². The Balaban J connectivity index is 5.06. The van der Waals surface area contributed by atoms with Crippen LogP contribution in [0.15, 0.2) is 0 Å². The maximum Gasteiger partial charge on any atom is 0.408 e. The van der Waals surface area contributed by atoms with E-state index in [1.165, 1.54) is 7.11 Å². The quantitative estimate of drug-likeness (QED) is 0.133. The maximum absolute atomic E-state index is 13.2. The molecule has 0 saturated heterocycles. The van der Waals surface area contributed by atoms with Gasteiger partial charge in [0.05, 0.1) is 7.11 Å². The minimum absolute atomic E-state index is 0.231. The maximum atomic E-state index is 13.2. The summed E-state index contributed by atoms with van der Waals surface area (Å²) in [6.07, 6.45) is 0.666. The van der Waals surface area contributed by atoms with Crippen LogP contribution in [0, 0.1) is 0 Å². The van der Waals surface area contributed by atoms with Gasteiger partial charge in [0.15, 0.2) is 0 Å². The van der Waals surface area contributed by atoms with E-state index >= 15 is 0 Å². The number of hydrogen-bond acceptors (Lipinski definition) is 9. The van der Waals surface area contributed by atoms with Gasteiger partial charge in [-0.2, -0.15) is 0 Å². The topological polar surface area (TPSA) is 170 Å². The molecule has 238 valence electrons. The van der Waals surface area contributed by atoms with Gasteiger partial charge in [0.2, 0.25) is 5.91 Å². The smallest absolute Gasteiger partial charge is 0.408 e. The highest BCUT2D eigenvalue weighted by molar-refractivity contribution is 5.89. The monoisotopic (exact) mass is 588 g/mol. The van der Waals surface area contributed by atoms with Crippen molar-refractivity contribution in [3.05, 3.63) is 0 Å². The molecule has 0 rings (SSSR count). The van der Waals surface area contributed by atoms with Crippen LogP contribution in [0.2, 0.25) is 0 Å². The molecule has 0 radical (unpaired) electrons. The normalized spacial score (nSPS) is 13.2. The highest BCUT2D eigenvalue weighted by Crippen LogP contribution is 2.11. The largest absolute Gasteiger partial charge is 0.467 e. The molecule has 0 aromatic rings. The van der Waals surface area contributed by atoms with Crippen molar-refractivity contribution >= 4 is 30.2 Å². The first kappa shape index (κ1) is 37.8. The van der Waals surface area contributed by atoms with Gasteiger partial charge in [0, 0.05) is 13.1 Å². The predicted molar refractivity (Wildman–Crippen MR) is 153 cm³/mol. The molecule has 13 nitrogen and oxygen atoms in total. The Morgan fingerprint density at radius 1 is 0.561 bits per heavy atom. The molecule has 2 atom stereocenters. The summed E-state index contributed by atoms with van der Waals surface area (Å²) in [5.74, 6) is -1.20. The van der Waals surface area contributed by atoms with Gasteiger partial charge >= 0.3 is 24.2 Å². The van der Waals surface area contributed by atoms with Crippen LogP contribution < -0.4 is 21.3 Å². The van der Waals surface area contributed by atoms with Crippen LogP contribution in [0.25, 0.3) is 0 Å². The van der Waals surface area contributed by atoms with Gasteiger partial charge in [-0.05, 0) is 101 Å². The summed E-state index contributed by atoms with van der Waals surface area (Å²) < 4.78 is 20.5. The second kappa shape index (κ2) is 17.5. The average molecular weight is 589 g/mol. The second-order valence-electron chi connectivity index (χ2n) is 12.6. The Morgan fingerprint density at radius 2 is 0.951 bits per heavy atom. The first-order valence-electron chi connectivity index (χ1n) is 14.0. The molecular weight excluding hydrogens is 536 g/mol. The molecule has 0 aliphatic heterocycles. The van der Waals surface area contributed by atoms with E-state index in [0.29, 0.717) is 38.8 Å². The van der Waals surface area contributed by atoms with Crippen LogP contribution in [0.1, 0.15) is 101 Å². The summed E-state index contributed by atoms with van der Waals surface area (Å²) in [5, 5.41) is 10.5. The van der Waals surface area contributed by atoms with Crippen LogP contribution in [0.3, 0.4) is 0 Å². The van der Waals surface area contributed by atoms with E-state index in [9.17, 15) is 24.0 Å². The first-order valence-corrected chi connectivity index (χ1v) is 14.0. The van der Waals surface area contributed by atoms with Gasteiger partial charge < -0.3 is 40.2 Å². The van der Waals surface area contributed by atoms with Crippen LogP contribution in [-0.4, -0.2) is 79.2 Å². The minimum atomic E-state index is -0.993. The van der Waals surface area contributed by atoms with E-state index in [1.54, 1.807) is 62.3 Å². The predicted octanol–water partition coefficient (Wildman–Crippen LogP) is 3.93. The Morgan fingerprint density at radius 3 is 1.34 bits per heavy atom. The van der Waals surface area contributed by atoms with E-state index in [2.05, 4.69) is 21.3 Å². The molecule has 4 amide bonds. The number of amides is 4. The lowest BCUT2D eigenvalue weighted by Gasteiger charge is -2.25. The number of alkyl carbamates (subject to hydrolysis) is 3. The number of hydrogen-bond donors (Lipinski definition) is 4. The molecule has 0 unspecified atom stereocenters. The Bertz CT molecular complexity index is 858. The lowest BCUT2D eigenvalue weighted by molar-refractivity contribution is -0.145. The standard InChI is InChI=1S/C28H52N4O9/c1-26(2,3)39-23(35)29-17-13-11-15-19(32-25(37)41-28(7,8)9)21(33)31-20(22(34)38-10)16-12-14-18-30-24(36)40-27(4,5)6/h19-20H,11-18H2,1-10H3,(H,29,35)(H,30,36)(H,31,33)(H,32,37)/t19-,20-/m0/s1. The van der Waals surface area contributed by atoms with Crippen molar-refractivity contribution in [2.75, 3.05) is 20.2 Å². The summed E-state index contributed by atoms with van der Waals surface area (Å²) in [4.78, 5) is 61.6. The summed E-state index contributed by atoms with van der Waals surface area (Å²) >= 11 is 0. The van der Waals surface area contributed by atoms with Crippen LogP contribution in [0.5, 0.6) is 0 Å². The molecule has 0 heterocycles. The van der Waals surface area contributed by atoms with E-state index in [1.807, 2.05) is 0 Å². The van der Waals surface area contributed by atoms with Crippen molar-refractivity contribution in [3.8, 4) is 0 Å². The number of ether oxygens (including phenoxy) is 4. The minimum Gasteiger partial charge on any atom is -0.467 e. The third-order valence-electron chi connectivity index (χ3n) is 4.99. The van der Waals surface area contributed by atoms with Crippen molar-refractivity contribution in [1.82, 2.24) is 21.3 Å². The molecule has 0 bridgehead atoms. The Kier molecular flexibility index (Phi) is 16.1. The molecule has 0 aliphatic rings. The van der Waals surface area contributed by atoms with E-state index < -0.39 is 59.0 Å². The molecule has 0 aliphatic carbocycles. The van der Waals surface area contributed by atoms with E-state index in [0.717, 1.165) is 0 Å². The van der Waals surface area contributed by atoms with Gasteiger partial charge in [-0.25, -0.2) is 19.2 Å². The Labute approximate surface area is 244 Å². The van der Waals surface area contributed by atoms with Gasteiger partial charge in [-0.1, -0.05) is 0 Å². The van der Waals surface area contributed by atoms with Crippen LogP contribution in [0.4, 0.5) is 14.4 Å². The zero-order chi connectivity index (χ0) is 31.9. The molecule has 0 fully saturated rings. The summed E-state index contributed by atoms with van der Waals surface area (Å²) in [6.45, 7) is 16.3. The van der Waals surface area contributed by atoms with Crippen molar-refractivity contribution < 1.29 is 42.9 Å². The number of esters is 1. The molecule has 0 saturated carbocycles. The highest BCUT2D eigenvalue weighted by Gasteiger charge is 2.28. The van der Waals surface area contributed by atoms with Crippen molar-refractivity contribution in [1.29, 1.82) is 0 Å². The third-order valence-corrected chi connectivity index (χ3v) is 4.99. The number of carbonyl (C=O) groups excluding carboxylic acids is 5. The number of unbranched alkanes of at least 4 members (excludes halogenated alkanes) is 2. The van der Waals surface area contributed by atoms with Crippen molar-refractivity contribution in [2.45, 2.75) is 130 Å². The molecular formula is C28H52N4O9. The SMILES string of the molecule is COC(=O)[C@H](CCCCNC(=O)OC(C)(C)C)NC(=O)[C@H](CCCCNC(=O)OC(C)(C)C)NC(=O)OC(C)(C)C. The van der Waals surface area contributed by atoms with E-state index in [4.69, 9.17) is 18.9 Å². The molecule has 0 spiro atoms. The molecule has 4 N–H and O–H groups in total. The number of rotatable bonds is 14. The van der Waals surface area contributed by atoms with Crippen LogP contribution in [-0.2, 0) is 28.5 Å². The molecule has 41 heavy (non-hydrogen) atoms. The number of carbonyl (C=O) groups is 5. The lowest BCUT2D eigenvalue weighted by atomic mass is 10.1. The fourth-order valence-corrected chi connectivity index (χ4v) is 3.34. The molecule has 0 aromatic heterocycles. The van der Waals surface area contributed by atoms with Gasteiger partial charge in [0.1, 0.15) is 28.9 Å². The number of methoxy groups -OCH3 is 1. The summed E-state index contributed by atoms with van der Waals surface area (Å²) in [6, 6.07) is -1.95. The summed E-state index contributed by atoms with van der Waals surface area (Å²) in [7, 11) is 1.22. The fraction of sp³-hybridized carbons (Fsp3) is 0.821. The molecule has 13 heteroatoms. The molecule has 0 aromatic carbocycles. The lowest BCUT2D eigenvalue weighted by Crippen LogP contribution is -2.52. The average Bonchev–Trinajstić information content (AvgIpc) is 2.77.